The van der Waals surface area contributed by atoms with E-state index in [-0.39, 0.29) is 37.2 Å². The van der Waals surface area contributed by atoms with Crippen molar-refractivity contribution in [1.82, 2.24) is 0 Å². The van der Waals surface area contributed by atoms with Crippen LogP contribution in [0.25, 0.3) is 22.3 Å². The predicted molar refractivity (Wildman–Crippen MR) is 210 cm³/mol. The Balaban J connectivity index is 0.966. The summed E-state index contributed by atoms with van der Waals surface area (Å²) >= 11 is 0. The van der Waals surface area contributed by atoms with Crippen LogP contribution in [0.1, 0.15) is 111 Å². The SMILES string of the molecule is C=CCCC1CCC(c2ccc(-c3cc(F)c(CCOCCc4c(F)cc(-c5ccc(C6CCC(CCC=C)CC6)cc5)cc4F)c(F)c3)cc2)CC1. The second-order valence-electron chi connectivity index (χ2n) is 15.4. The van der Waals surface area contributed by atoms with E-state index in [1.54, 1.807) is 0 Å². The smallest absolute Gasteiger partial charge is 0.130 e. The lowest BCUT2D eigenvalue weighted by atomic mass is 9.77. The van der Waals surface area contributed by atoms with Crippen molar-refractivity contribution < 1.29 is 22.3 Å². The summed E-state index contributed by atoms with van der Waals surface area (Å²) in [6.07, 6.45) is 18.3. The first kappa shape index (κ1) is 38.8. The summed E-state index contributed by atoms with van der Waals surface area (Å²) in [5, 5.41) is 0. The Bertz CT molecular complexity index is 1620. The quantitative estimate of drug-likeness (QED) is 0.0636. The summed E-state index contributed by atoms with van der Waals surface area (Å²) in [6, 6.07) is 21.7. The van der Waals surface area contributed by atoms with E-state index in [1.165, 1.54) is 99.6 Å². The average Bonchev–Trinajstić information content (AvgIpc) is 3.18. The van der Waals surface area contributed by atoms with Crippen LogP contribution < -0.4 is 0 Å². The van der Waals surface area contributed by atoms with Gasteiger partial charge in [-0.3, -0.25) is 0 Å². The van der Waals surface area contributed by atoms with Gasteiger partial charge in [0, 0.05) is 24.0 Å². The summed E-state index contributed by atoms with van der Waals surface area (Å²) in [5.41, 5.74) is 5.00. The highest BCUT2D eigenvalue weighted by molar-refractivity contribution is 5.65. The van der Waals surface area contributed by atoms with E-state index in [1.807, 2.05) is 36.4 Å². The molecule has 0 saturated heterocycles. The molecule has 0 unspecified atom stereocenters. The number of halogens is 4. The highest BCUT2D eigenvalue weighted by Crippen LogP contribution is 2.40. The van der Waals surface area contributed by atoms with Crippen molar-refractivity contribution in [2.45, 2.75) is 102 Å². The first-order valence-corrected chi connectivity index (χ1v) is 19.8. The first-order valence-electron chi connectivity index (χ1n) is 19.8. The molecule has 0 spiro atoms. The standard InChI is InChI=1S/C48H54F4O/c1-3-5-7-33-9-13-35(14-10-33)37-17-21-39(22-18-37)41-29-45(49)43(46(50)30-41)25-27-53-28-26-44-47(51)31-42(32-48(44)52)40-23-19-38(20-24-40)36-15-11-34(12-16-36)8-6-4-2/h3-4,17-24,29-36H,1-2,5-16,25-28H2. The van der Waals surface area contributed by atoms with Crippen LogP contribution in [0.4, 0.5) is 17.6 Å². The Morgan fingerprint density at radius 1 is 0.491 bits per heavy atom. The molecule has 2 fully saturated rings. The van der Waals surface area contributed by atoms with Gasteiger partial charge in [0.15, 0.2) is 0 Å². The van der Waals surface area contributed by atoms with Gasteiger partial charge >= 0.3 is 0 Å². The molecule has 2 aliphatic rings. The summed E-state index contributed by atoms with van der Waals surface area (Å²) in [4.78, 5) is 0. The summed E-state index contributed by atoms with van der Waals surface area (Å²) in [7, 11) is 0. The second-order valence-corrected chi connectivity index (χ2v) is 15.4. The summed E-state index contributed by atoms with van der Waals surface area (Å²) in [6.45, 7) is 7.74. The van der Waals surface area contributed by atoms with Gasteiger partial charge in [0.1, 0.15) is 23.3 Å². The molecule has 0 bridgehead atoms. The number of benzene rings is 4. The largest absolute Gasteiger partial charge is 0.381 e. The number of hydrogen-bond acceptors (Lipinski definition) is 1. The molecule has 0 radical (unpaired) electrons. The van der Waals surface area contributed by atoms with Crippen LogP contribution in [0.15, 0.2) is 98.1 Å². The highest BCUT2D eigenvalue weighted by Gasteiger charge is 2.23. The van der Waals surface area contributed by atoms with Crippen molar-refractivity contribution >= 4 is 0 Å². The lowest BCUT2D eigenvalue weighted by Crippen LogP contribution is -2.13. The van der Waals surface area contributed by atoms with E-state index in [9.17, 15) is 0 Å². The molecule has 0 aliphatic heterocycles. The third-order valence-corrected chi connectivity index (χ3v) is 12.0. The average molecular weight is 723 g/mol. The third-order valence-electron chi connectivity index (χ3n) is 12.0. The van der Waals surface area contributed by atoms with Gasteiger partial charge in [0.25, 0.3) is 0 Å². The van der Waals surface area contributed by atoms with E-state index in [2.05, 4.69) is 37.4 Å². The molecule has 0 atom stereocenters. The van der Waals surface area contributed by atoms with E-state index in [0.717, 1.165) is 35.8 Å². The van der Waals surface area contributed by atoms with E-state index >= 15 is 17.6 Å². The Kier molecular flexibility index (Phi) is 13.8. The molecule has 2 saturated carbocycles. The predicted octanol–water partition coefficient (Wildman–Crippen LogP) is 13.9. The summed E-state index contributed by atoms with van der Waals surface area (Å²) in [5.74, 6) is 0.115. The lowest BCUT2D eigenvalue weighted by molar-refractivity contribution is 0.138. The van der Waals surface area contributed by atoms with Gasteiger partial charge in [-0.15, -0.1) is 13.2 Å². The normalized spacial score (nSPS) is 20.3. The van der Waals surface area contributed by atoms with Gasteiger partial charge in [-0.25, -0.2) is 17.6 Å². The van der Waals surface area contributed by atoms with Crippen molar-refractivity contribution in [1.29, 1.82) is 0 Å². The molecule has 1 nitrogen and oxygen atoms in total. The van der Waals surface area contributed by atoms with Crippen LogP contribution in [-0.2, 0) is 17.6 Å². The van der Waals surface area contributed by atoms with Crippen molar-refractivity contribution in [2.75, 3.05) is 13.2 Å². The van der Waals surface area contributed by atoms with Gasteiger partial charge in [0.05, 0.1) is 13.2 Å². The van der Waals surface area contributed by atoms with Gasteiger partial charge in [-0.05, 0) is 158 Å². The molecule has 0 aromatic heterocycles. The molecule has 280 valence electrons. The second kappa shape index (κ2) is 18.9. The molecule has 2 aliphatic carbocycles. The highest BCUT2D eigenvalue weighted by atomic mass is 19.1. The number of ether oxygens (including phenoxy) is 1. The lowest BCUT2D eigenvalue weighted by Gasteiger charge is -2.28. The zero-order valence-electron chi connectivity index (χ0n) is 31.0. The fourth-order valence-corrected chi connectivity index (χ4v) is 8.64. The molecule has 6 rings (SSSR count). The van der Waals surface area contributed by atoms with Crippen molar-refractivity contribution in [3.8, 4) is 22.3 Å². The monoisotopic (exact) mass is 722 g/mol. The van der Waals surface area contributed by atoms with E-state index < -0.39 is 23.3 Å². The topological polar surface area (TPSA) is 9.23 Å². The molecule has 0 amide bonds. The molecule has 4 aromatic rings. The summed E-state index contributed by atoms with van der Waals surface area (Å²) < 4.78 is 66.1. The Morgan fingerprint density at radius 2 is 0.830 bits per heavy atom. The fraction of sp³-hybridized carbons (Fsp3) is 0.417. The van der Waals surface area contributed by atoms with Crippen LogP contribution >= 0.6 is 0 Å². The Hall–Kier alpha value is -3.96. The number of hydrogen-bond donors (Lipinski definition) is 0. The maximum absolute atomic E-state index is 15.1. The minimum Gasteiger partial charge on any atom is -0.381 e. The van der Waals surface area contributed by atoms with Crippen molar-refractivity contribution in [2.24, 2.45) is 11.8 Å². The fourth-order valence-electron chi connectivity index (χ4n) is 8.64. The van der Waals surface area contributed by atoms with Gasteiger partial charge in [-0.1, -0.05) is 60.7 Å². The maximum Gasteiger partial charge on any atom is 0.130 e. The number of allylic oxidation sites excluding steroid dienone is 2. The molecular formula is C48H54F4O. The first-order chi connectivity index (χ1) is 25.8. The van der Waals surface area contributed by atoms with Gasteiger partial charge in [0.2, 0.25) is 0 Å². The Labute approximate surface area is 314 Å². The van der Waals surface area contributed by atoms with Crippen LogP contribution in [0.2, 0.25) is 0 Å². The Morgan fingerprint density at radius 3 is 1.15 bits per heavy atom. The zero-order valence-corrected chi connectivity index (χ0v) is 31.0. The van der Waals surface area contributed by atoms with Crippen LogP contribution in [0, 0.1) is 35.1 Å². The molecule has 53 heavy (non-hydrogen) atoms. The number of rotatable bonds is 16. The zero-order chi connectivity index (χ0) is 37.2. The molecule has 4 aromatic carbocycles. The van der Waals surface area contributed by atoms with Crippen LogP contribution in [0.3, 0.4) is 0 Å². The minimum absolute atomic E-state index is 0.0169. The van der Waals surface area contributed by atoms with Crippen LogP contribution in [-0.4, -0.2) is 13.2 Å². The van der Waals surface area contributed by atoms with Gasteiger partial charge < -0.3 is 4.74 Å². The van der Waals surface area contributed by atoms with Crippen molar-refractivity contribution in [3.05, 3.63) is 144 Å². The van der Waals surface area contributed by atoms with Crippen LogP contribution in [0.5, 0.6) is 0 Å². The minimum atomic E-state index is -0.627. The van der Waals surface area contributed by atoms with E-state index in [0.29, 0.717) is 23.0 Å². The molecular weight excluding hydrogens is 669 g/mol. The molecule has 5 heteroatoms. The third kappa shape index (κ3) is 10.2. The van der Waals surface area contributed by atoms with E-state index in [4.69, 9.17) is 4.74 Å². The maximum atomic E-state index is 15.1. The van der Waals surface area contributed by atoms with Gasteiger partial charge in [-0.2, -0.15) is 0 Å². The van der Waals surface area contributed by atoms with Crippen molar-refractivity contribution in [3.63, 3.8) is 0 Å². The molecule has 0 heterocycles. The molecule has 0 N–H and O–H groups in total.